The molecule has 0 spiro atoms. The van der Waals surface area contributed by atoms with E-state index in [1.807, 2.05) is 0 Å². The van der Waals surface area contributed by atoms with E-state index < -0.39 is 79.6 Å². The molecule has 1 aliphatic heterocycles. The molecule has 182 valence electrons. The maximum absolute atomic E-state index is 13.5. The van der Waals surface area contributed by atoms with Gasteiger partial charge in [-0.15, -0.1) is 0 Å². The molecule has 1 saturated carbocycles. The van der Waals surface area contributed by atoms with E-state index in [0.29, 0.717) is 12.8 Å². The van der Waals surface area contributed by atoms with Gasteiger partial charge in [-0.25, -0.2) is 0 Å². The van der Waals surface area contributed by atoms with Crippen LogP contribution in [0.2, 0.25) is 0 Å². The first-order chi connectivity index (χ1) is 17.4. The van der Waals surface area contributed by atoms with Crippen LogP contribution in [0.5, 0.6) is 0 Å². The van der Waals surface area contributed by atoms with Crippen LogP contribution in [0.25, 0.3) is 0 Å². The van der Waals surface area contributed by atoms with Crippen molar-refractivity contribution in [3.63, 3.8) is 0 Å². The number of fused-ring (bicyclic) bond motifs is 1. The second kappa shape index (κ2) is 9.72. The van der Waals surface area contributed by atoms with Crippen LogP contribution in [0.1, 0.15) is 81.2 Å². The lowest BCUT2D eigenvalue weighted by Crippen LogP contribution is -2.53. The standard InChI is InChI=1S/C25H40O7/c1-6-25(4,5)24(30)32-20-9-13(2)23(29)18-12-19(27)14(3)17(22(18)20)8-7-16-10-15(26)11-21(28)31-16/h12-18,20,22-23,26-27,29H,6-11H2,1-5H3/t13-,14-,15-,16-,17+,18?,20+,22-,23?/m0/s1/i4D3,5D3. The van der Waals surface area contributed by atoms with Crippen LogP contribution in [-0.4, -0.2) is 51.7 Å². The van der Waals surface area contributed by atoms with E-state index in [-0.39, 0.29) is 36.9 Å². The van der Waals surface area contributed by atoms with Crippen molar-refractivity contribution in [3.8, 4) is 0 Å². The molecule has 2 aliphatic carbocycles. The summed E-state index contributed by atoms with van der Waals surface area (Å²) in [5, 5.41) is 31.7. The summed E-state index contributed by atoms with van der Waals surface area (Å²) in [6.45, 7) is -1.41. The van der Waals surface area contributed by atoms with Crippen molar-refractivity contribution >= 4 is 11.9 Å². The summed E-state index contributed by atoms with van der Waals surface area (Å²) in [6, 6.07) is 0. The lowest BCUT2D eigenvalue weighted by molar-refractivity contribution is -0.177. The number of cyclic esters (lactones) is 1. The predicted octanol–water partition coefficient (Wildman–Crippen LogP) is 3.52. The minimum atomic E-state index is -3.15. The fourth-order valence-corrected chi connectivity index (χ4v) is 5.56. The summed E-state index contributed by atoms with van der Waals surface area (Å²) in [4.78, 5) is 25.3. The molecule has 2 unspecified atom stereocenters. The van der Waals surface area contributed by atoms with Crippen LogP contribution in [0.4, 0.5) is 0 Å². The van der Waals surface area contributed by atoms with Crippen LogP contribution >= 0.6 is 0 Å². The minimum Gasteiger partial charge on any atom is -0.512 e. The zero-order valence-corrected chi connectivity index (χ0v) is 19.0. The molecule has 0 aromatic heterocycles. The number of aliphatic hydroxyl groups is 3. The number of hydrogen-bond donors (Lipinski definition) is 3. The maximum Gasteiger partial charge on any atom is 0.311 e. The Bertz CT molecular complexity index is 903. The van der Waals surface area contributed by atoms with Crippen molar-refractivity contribution in [2.24, 2.45) is 35.0 Å². The Hall–Kier alpha value is -1.60. The Labute approximate surface area is 199 Å². The first-order valence-electron chi connectivity index (χ1n) is 14.6. The molecule has 7 nitrogen and oxygen atoms in total. The van der Waals surface area contributed by atoms with E-state index in [2.05, 4.69) is 0 Å². The molecule has 0 amide bonds. The smallest absolute Gasteiger partial charge is 0.311 e. The Kier molecular flexibility index (Phi) is 5.41. The van der Waals surface area contributed by atoms with Crippen LogP contribution in [0, 0.1) is 35.0 Å². The highest BCUT2D eigenvalue weighted by molar-refractivity contribution is 5.76. The van der Waals surface area contributed by atoms with E-state index in [9.17, 15) is 24.9 Å². The molecule has 0 bridgehead atoms. The van der Waals surface area contributed by atoms with Gasteiger partial charge in [0.05, 0.1) is 29.8 Å². The zero-order valence-electron chi connectivity index (χ0n) is 25.0. The average molecular weight is 459 g/mol. The molecule has 1 heterocycles. The number of allylic oxidation sites excluding steroid dienone is 1. The summed E-state index contributed by atoms with van der Waals surface area (Å²) >= 11 is 0. The third kappa shape index (κ3) is 5.14. The number of hydrogen-bond acceptors (Lipinski definition) is 7. The SMILES string of the molecule is [2H]C([2H])([2H])C(CC)(C(=O)O[C@@H]1C[C@H](C)C(O)C2C=C(O)[C@@H](C)[C@@H](CC[C@H]3C[C@H](O)CC(=O)O3)[C@@H]21)C([2H])([2H])[2H]. The number of aliphatic hydroxyl groups excluding tert-OH is 3. The number of carbonyl (C=O) groups is 2. The molecule has 9 atom stereocenters. The van der Waals surface area contributed by atoms with Crippen LogP contribution < -0.4 is 0 Å². The second-order valence-corrected chi connectivity index (χ2v) is 9.89. The van der Waals surface area contributed by atoms with Crippen molar-refractivity contribution in [2.45, 2.75) is 97.4 Å². The van der Waals surface area contributed by atoms with E-state index in [4.69, 9.17) is 17.7 Å². The highest BCUT2D eigenvalue weighted by atomic mass is 16.6. The van der Waals surface area contributed by atoms with Gasteiger partial charge in [-0.2, -0.15) is 0 Å². The van der Waals surface area contributed by atoms with Crippen LogP contribution in [0.3, 0.4) is 0 Å². The van der Waals surface area contributed by atoms with Crippen molar-refractivity contribution in [1.29, 1.82) is 0 Å². The van der Waals surface area contributed by atoms with Gasteiger partial charge in [0.25, 0.3) is 0 Å². The number of ether oxygens (including phenoxy) is 2. The Morgan fingerprint density at radius 3 is 2.62 bits per heavy atom. The molecule has 3 N–H and O–H groups in total. The van der Waals surface area contributed by atoms with Crippen LogP contribution in [-0.2, 0) is 19.1 Å². The van der Waals surface area contributed by atoms with Crippen molar-refractivity contribution in [1.82, 2.24) is 0 Å². The average Bonchev–Trinajstić information content (AvgIpc) is 2.76. The second-order valence-electron chi connectivity index (χ2n) is 9.89. The van der Waals surface area contributed by atoms with E-state index in [0.717, 1.165) is 0 Å². The third-order valence-electron chi connectivity index (χ3n) is 7.62. The van der Waals surface area contributed by atoms with E-state index in [1.165, 1.54) is 6.92 Å². The summed E-state index contributed by atoms with van der Waals surface area (Å²) in [6.07, 6.45) is -0.884. The summed E-state index contributed by atoms with van der Waals surface area (Å²) < 4.78 is 58.8. The van der Waals surface area contributed by atoms with Gasteiger partial charge >= 0.3 is 11.9 Å². The number of esters is 2. The lowest BCUT2D eigenvalue weighted by Gasteiger charge is -2.50. The van der Waals surface area contributed by atoms with Gasteiger partial charge in [-0.05, 0) is 57.3 Å². The summed E-state index contributed by atoms with van der Waals surface area (Å²) in [5.41, 5.74) is -2.71. The Morgan fingerprint density at radius 2 is 2.00 bits per heavy atom. The lowest BCUT2D eigenvalue weighted by atomic mass is 9.59. The molecule has 3 rings (SSSR count). The zero-order chi connectivity index (χ0) is 28.8. The van der Waals surface area contributed by atoms with Crippen molar-refractivity contribution in [3.05, 3.63) is 11.8 Å². The van der Waals surface area contributed by atoms with E-state index >= 15 is 0 Å². The highest BCUT2D eigenvalue weighted by Gasteiger charge is 2.51. The molecule has 32 heavy (non-hydrogen) atoms. The normalized spacial score (nSPS) is 43.7. The number of carbonyl (C=O) groups excluding carboxylic acids is 2. The first kappa shape index (κ1) is 17.8. The molecular formula is C25H40O7. The third-order valence-corrected chi connectivity index (χ3v) is 7.62. The number of rotatable bonds is 6. The predicted molar refractivity (Wildman–Crippen MR) is 118 cm³/mol. The van der Waals surface area contributed by atoms with Gasteiger partial charge in [-0.1, -0.05) is 20.8 Å². The molecule has 0 aromatic rings. The largest absolute Gasteiger partial charge is 0.512 e. The van der Waals surface area contributed by atoms with Gasteiger partial charge in [0.2, 0.25) is 0 Å². The first-order valence-corrected chi connectivity index (χ1v) is 11.6. The molecule has 3 aliphatic rings. The summed E-state index contributed by atoms with van der Waals surface area (Å²) in [5.74, 6) is -4.05. The Balaban J connectivity index is 1.94. The quantitative estimate of drug-likeness (QED) is 0.522. The van der Waals surface area contributed by atoms with E-state index in [1.54, 1.807) is 19.9 Å². The van der Waals surface area contributed by atoms with Gasteiger partial charge in [-0.3, -0.25) is 9.59 Å². The monoisotopic (exact) mass is 458 g/mol. The van der Waals surface area contributed by atoms with Crippen molar-refractivity contribution < 1.29 is 42.6 Å². The van der Waals surface area contributed by atoms with Gasteiger partial charge in [0.15, 0.2) is 0 Å². The molecule has 2 fully saturated rings. The molecule has 1 saturated heterocycles. The highest BCUT2D eigenvalue weighted by Crippen LogP contribution is 2.50. The maximum atomic E-state index is 13.5. The van der Waals surface area contributed by atoms with Crippen LogP contribution in [0.15, 0.2) is 11.8 Å². The van der Waals surface area contributed by atoms with Crippen molar-refractivity contribution in [2.75, 3.05) is 0 Å². The Morgan fingerprint density at radius 1 is 1.28 bits per heavy atom. The fraction of sp³-hybridized carbons (Fsp3) is 0.840. The molecule has 0 aromatic carbocycles. The molecular weight excluding hydrogens is 412 g/mol. The molecule has 7 heteroatoms. The van der Waals surface area contributed by atoms with Gasteiger partial charge < -0.3 is 24.8 Å². The summed E-state index contributed by atoms with van der Waals surface area (Å²) in [7, 11) is 0. The molecule has 0 radical (unpaired) electrons. The van der Waals surface area contributed by atoms with Gasteiger partial charge in [0, 0.05) is 32.4 Å². The minimum absolute atomic E-state index is 0.0706. The van der Waals surface area contributed by atoms with Gasteiger partial charge in [0.1, 0.15) is 12.2 Å². The fourth-order valence-electron chi connectivity index (χ4n) is 5.56. The topological polar surface area (TPSA) is 113 Å².